The Hall–Kier alpha value is -2.06. The SMILES string of the molecule is N#Cc1cc(OC(F)(F)F)nc(S(N)(=O)=O)c1N. The van der Waals surface area contributed by atoms with E-state index in [0.717, 1.165) is 0 Å². The Balaban J connectivity index is 3.47. The molecule has 7 nitrogen and oxygen atoms in total. The minimum Gasteiger partial charge on any atom is -0.395 e. The Morgan fingerprint density at radius 2 is 2.00 bits per heavy atom. The summed E-state index contributed by atoms with van der Waals surface area (Å²) in [4.78, 5) is 3.01. The first-order chi connectivity index (χ1) is 8.04. The fraction of sp³-hybridized carbons (Fsp3) is 0.143. The molecule has 1 rings (SSSR count). The summed E-state index contributed by atoms with van der Waals surface area (Å²) in [6, 6.07) is 1.95. The molecule has 0 saturated heterocycles. The highest BCUT2D eigenvalue weighted by Gasteiger charge is 2.33. The second-order valence-corrected chi connectivity index (χ2v) is 4.41. The molecular weight excluding hydrogens is 277 g/mol. The van der Waals surface area contributed by atoms with Crippen molar-refractivity contribution in [1.82, 2.24) is 4.98 Å². The van der Waals surface area contributed by atoms with E-state index in [9.17, 15) is 21.6 Å². The van der Waals surface area contributed by atoms with E-state index in [1.165, 1.54) is 6.07 Å². The fourth-order valence-electron chi connectivity index (χ4n) is 0.989. The first-order valence-corrected chi connectivity index (χ1v) is 5.58. The van der Waals surface area contributed by atoms with Crippen LogP contribution in [0.5, 0.6) is 5.88 Å². The van der Waals surface area contributed by atoms with Crippen molar-refractivity contribution in [2.24, 2.45) is 5.14 Å². The third-order valence-electron chi connectivity index (χ3n) is 1.61. The standard InChI is InChI=1S/C7H5F3N4O3S/c8-7(9,10)17-4-1-3(2-11)5(12)6(14-4)18(13,15)16/h1H,12H2,(H2,13,15,16). The highest BCUT2D eigenvalue weighted by molar-refractivity contribution is 7.89. The minimum absolute atomic E-state index is 0.548. The Kier molecular flexibility index (Phi) is 3.36. The molecule has 0 unspecified atom stereocenters. The van der Waals surface area contributed by atoms with Crippen molar-refractivity contribution in [2.75, 3.05) is 5.73 Å². The second-order valence-electron chi connectivity index (χ2n) is 2.93. The molecule has 0 atom stereocenters. The summed E-state index contributed by atoms with van der Waals surface area (Å²) in [5.41, 5.74) is 4.04. The summed E-state index contributed by atoms with van der Waals surface area (Å²) in [6.07, 6.45) is -5.09. The molecule has 98 valence electrons. The first kappa shape index (κ1) is 14.0. The number of alkyl halides is 3. The lowest BCUT2D eigenvalue weighted by molar-refractivity contribution is -0.276. The molecule has 0 saturated carbocycles. The molecular formula is C7H5F3N4O3S. The molecule has 0 aliphatic heterocycles. The Bertz CT molecular complexity index is 620. The number of nitriles is 1. The van der Waals surface area contributed by atoms with Gasteiger partial charge in [0.05, 0.1) is 11.3 Å². The van der Waals surface area contributed by atoms with Crippen molar-refractivity contribution in [3.05, 3.63) is 11.6 Å². The molecule has 0 aliphatic rings. The van der Waals surface area contributed by atoms with Crippen molar-refractivity contribution < 1.29 is 26.3 Å². The van der Waals surface area contributed by atoms with Crippen LogP contribution in [-0.2, 0) is 10.0 Å². The van der Waals surface area contributed by atoms with Crippen LogP contribution in [0.1, 0.15) is 5.56 Å². The normalized spacial score (nSPS) is 11.9. The lowest BCUT2D eigenvalue weighted by atomic mass is 10.2. The number of aromatic nitrogens is 1. The van der Waals surface area contributed by atoms with Crippen LogP contribution in [0.25, 0.3) is 0 Å². The largest absolute Gasteiger partial charge is 0.574 e. The van der Waals surface area contributed by atoms with Crippen molar-refractivity contribution in [2.45, 2.75) is 11.4 Å². The summed E-state index contributed by atoms with van der Waals surface area (Å²) < 4.78 is 61.3. The molecule has 0 fully saturated rings. The summed E-state index contributed by atoms with van der Waals surface area (Å²) >= 11 is 0. The third kappa shape index (κ3) is 3.22. The monoisotopic (exact) mass is 282 g/mol. The number of nitrogens with two attached hydrogens (primary N) is 2. The number of halogens is 3. The number of ether oxygens (including phenoxy) is 1. The van der Waals surface area contributed by atoms with Crippen LogP contribution in [0, 0.1) is 11.3 Å². The average Bonchev–Trinajstić information content (AvgIpc) is 2.16. The van der Waals surface area contributed by atoms with Crippen LogP contribution in [-0.4, -0.2) is 19.8 Å². The van der Waals surface area contributed by atoms with Gasteiger partial charge in [0.2, 0.25) is 5.88 Å². The van der Waals surface area contributed by atoms with Gasteiger partial charge in [-0.05, 0) is 0 Å². The van der Waals surface area contributed by atoms with Gasteiger partial charge in [-0.2, -0.15) is 10.2 Å². The zero-order valence-corrected chi connectivity index (χ0v) is 9.21. The van der Waals surface area contributed by atoms with Crippen LogP contribution in [0.15, 0.2) is 11.1 Å². The molecule has 11 heteroatoms. The molecule has 18 heavy (non-hydrogen) atoms. The molecule has 0 radical (unpaired) electrons. The average molecular weight is 282 g/mol. The van der Waals surface area contributed by atoms with Gasteiger partial charge in [-0.1, -0.05) is 0 Å². The van der Waals surface area contributed by atoms with Crippen molar-refractivity contribution in [3.63, 3.8) is 0 Å². The minimum atomic E-state index is -5.09. The number of hydrogen-bond acceptors (Lipinski definition) is 6. The van der Waals surface area contributed by atoms with E-state index in [1.54, 1.807) is 0 Å². The highest BCUT2D eigenvalue weighted by atomic mass is 32.2. The maximum absolute atomic E-state index is 11.9. The van der Waals surface area contributed by atoms with Gasteiger partial charge in [-0.3, -0.25) is 0 Å². The Morgan fingerprint density at radius 1 is 1.44 bits per heavy atom. The van der Waals surface area contributed by atoms with Gasteiger partial charge in [-0.25, -0.2) is 13.6 Å². The van der Waals surface area contributed by atoms with Crippen LogP contribution in [0.4, 0.5) is 18.9 Å². The Morgan fingerprint density at radius 3 is 2.39 bits per heavy atom. The molecule has 0 aromatic carbocycles. The molecule has 1 aromatic heterocycles. The predicted octanol–water partition coefficient (Wildman–Crippen LogP) is 0.0815. The van der Waals surface area contributed by atoms with Crippen LogP contribution >= 0.6 is 0 Å². The molecule has 4 N–H and O–H groups in total. The maximum Gasteiger partial charge on any atom is 0.574 e. The van der Waals surface area contributed by atoms with Gasteiger partial charge >= 0.3 is 6.36 Å². The summed E-state index contributed by atoms with van der Waals surface area (Å²) in [5.74, 6) is -1.14. The predicted molar refractivity (Wildman–Crippen MR) is 51.4 cm³/mol. The van der Waals surface area contributed by atoms with Gasteiger partial charge in [-0.15, -0.1) is 13.2 Å². The summed E-state index contributed by atoms with van der Waals surface area (Å²) in [6.45, 7) is 0. The second kappa shape index (κ2) is 4.31. The smallest absolute Gasteiger partial charge is 0.395 e. The van der Waals surface area contributed by atoms with Crippen LogP contribution in [0.2, 0.25) is 0 Å². The molecule has 0 amide bonds. The van der Waals surface area contributed by atoms with Gasteiger partial charge in [0.1, 0.15) is 6.07 Å². The Labute approximate surface area is 98.8 Å². The van der Waals surface area contributed by atoms with Gasteiger partial charge in [0.15, 0.2) is 5.03 Å². The number of rotatable bonds is 2. The molecule has 0 bridgehead atoms. The lowest BCUT2D eigenvalue weighted by Crippen LogP contribution is -2.21. The number of nitrogens with zero attached hydrogens (tertiary/aromatic N) is 2. The lowest BCUT2D eigenvalue weighted by Gasteiger charge is -2.10. The zero-order valence-electron chi connectivity index (χ0n) is 8.39. The number of nitrogen functional groups attached to an aromatic ring is 1. The maximum atomic E-state index is 11.9. The molecule has 0 aliphatic carbocycles. The van der Waals surface area contributed by atoms with Crippen molar-refractivity contribution >= 4 is 15.7 Å². The van der Waals surface area contributed by atoms with Crippen molar-refractivity contribution in [1.29, 1.82) is 5.26 Å². The number of primary sulfonamides is 1. The van der Waals surface area contributed by atoms with E-state index in [0.29, 0.717) is 6.07 Å². The number of hydrogen-bond donors (Lipinski definition) is 2. The van der Waals surface area contributed by atoms with E-state index in [2.05, 4.69) is 9.72 Å². The molecule has 1 aromatic rings. The number of pyridine rings is 1. The van der Waals surface area contributed by atoms with E-state index in [1.807, 2.05) is 0 Å². The first-order valence-electron chi connectivity index (χ1n) is 4.04. The number of sulfonamides is 1. The van der Waals surface area contributed by atoms with Crippen LogP contribution < -0.4 is 15.6 Å². The quantitative estimate of drug-likeness (QED) is 0.789. The van der Waals surface area contributed by atoms with E-state index >= 15 is 0 Å². The number of anilines is 1. The topological polar surface area (TPSA) is 132 Å². The van der Waals surface area contributed by atoms with Gasteiger partial charge in [0.25, 0.3) is 10.0 Å². The van der Waals surface area contributed by atoms with Gasteiger partial charge in [0, 0.05) is 6.07 Å². The van der Waals surface area contributed by atoms with E-state index in [-0.39, 0.29) is 0 Å². The summed E-state index contributed by atoms with van der Waals surface area (Å²) in [7, 11) is -4.48. The fourth-order valence-corrected chi connectivity index (χ4v) is 1.62. The van der Waals surface area contributed by atoms with Crippen molar-refractivity contribution in [3.8, 4) is 11.9 Å². The van der Waals surface area contributed by atoms with Gasteiger partial charge < -0.3 is 10.5 Å². The van der Waals surface area contributed by atoms with Crippen LogP contribution in [0.3, 0.4) is 0 Å². The van der Waals surface area contributed by atoms with E-state index in [4.69, 9.17) is 16.1 Å². The van der Waals surface area contributed by atoms with E-state index < -0.39 is 38.5 Å². The third-order valence-corrected chi connectivity index (χ3v) is 2.46. The zero-order chi connectivity index (χ0) is 14.1. The summed E-state index contributed by atoms with van der Waals surface area (Å²) in [5, 5.41) is 12.2. The highest BCUT2D eigenvalue weighted by Crippen LogP contribution is 2.27. The molecule has 1 heterocycles. The molecule has 0 spiro atoms.